The van der Waals surface area contributed by atoms with Gasteiger partial charge in [0, 0.05) is 25.0 Å². The van der Waals surface area contributed by atoms with E-state index in [9.17, 15) is 4.79 Å². The van der Waals surface area contributed by atoms with Gasteiger partial charge in [-0.25, -0.2) is 4.98 Å². The van der Waals surface area contributed by atoms with Gasteiger partial charge in [0.25, 0.3) is 5.91 Å². The molecule has 110 valence electrons. The zero-order chi connectivity index (χ0) is 14.8. The first-order valence-electron chi connectivity index (χ1n) is 7.24. The van der Waals surface area contributed by atoms with Crippen molar-refractivity contribution < 1.29 is 4.79 Å². The van der Waals surface area contributed by atoms with Gasteiger partial charge < -0.3 is 15.5 Å². The number of para-hydroxylation sites is 1. The Morgan fingerprint density at radius 1 is 1.38 bits per heavy atom. The van der Waals surface area contributed by atoms with E-state index in [4.69, 9.17) is 0 Å². The van der Waals surface area contributed by atoms with Crippen LogP contribution in [-0.4, -0.2) is 49.0 Å². The van der Waals surface area contributed by atoms with Crippen LogP contribution in [0.4, 0.5) is 5.82 Å². The summed E-state index contributed by atoms with van der Waals surface area (Å²) in [4.78, 5) is 19.3. The number of carbonyl (C=O) groups excluding carboxylic acids is 1. The molecule has 2 N–H and O–H groups in total. The number of benzene rings is 1. The average molecular weight is 284 g/mol. The molecule has 0 saturated carbocycles. The van der Waals surface area contributed by atoms with E-state index in [1.54, 1.807) is 0 Å². The molecule has 1 aliphatic heterocycles. The SMILES string of the molecule is CNc1cc(C(=O)NC2CCN(C)C2)c2ccccc2n1. The summed E-state index contributed by atoms with van der Waals surface area (Å²) in [5, 5.41) is 7.04. The summed E-state index contributed by atoms with van der Waals surface area (Å²) in [7, 11) is 3.89. The zero-order valence-corrected chi connectivity index (χ0v) is 12.4. The first-order chi connectivity index (χ1) is 10.2. The fraction of sp³-hybridized carbons (Fsp3) is 0.375. The number of amides is 1. The molecule has 2 heterocycles. The number of likely N-dealkylation sites (tertiary alicyclic amines) is 1. The van der Waals surface area contributed by atoms with E-state index >= 15 is 0 Å². The second kappa shape index (κ2) is 5.69. The first kappa shape index (κ1) is 13.8. The van der Waals surface area contributed by atoms with Crippen LogP contribution < -0.4 is 10.6 Å². The summed E-state index contributed by atoms with van der Waals surface area (Å²) in [6.45, 7) is 1.94. The number of pyridine rings is 1. The lowest BCUT2D eigenvalue weighted by molar-refractivity contribution is 0.0940. The van der Waals surface area contributed by atoms with E-state index in [0.29, 0.717) is 11.4 Å². The summed E-state index contributed by atoms with van der Waals surface area (Å²) < 4.78 is 0. The van der Waals surface area contributed by atoms with Gasteiger partial charge in [0.2, 0.25) is 0 Å². The smallest absolute Gasteiger partial charge is 0.252 e. The van der Waals surface area contributed by atoms with E-state index in [1.165, 1.54) is 0 Å². The molecule has 0 radical (unpaired) electrons. The highest BCUT2D eigenvalue weighted by Crippen LogP contribution is 2.21. The fourth-order valence-electron chi connectivity index (χ4n) is 2.81. The molecular weight excluding hydrogens is 264 g/mol. The zero-order valence-electron chi connectivity index (χ0n) is 12.4. The van der Waals surface area contributed by atoms with Crippen LogP contribution in [0.1, 0.15) is 16.8 Å². The highest BCUT2D eigenvalue weighted by atomic mass is 16.1. The summed E-state index contributed by atoms with van der Waals surface area (Å²) in [5.41, 5.74) is 1.51. The minimum atomic E-state index is -0.0228. The largest absolute Gasteiger partial charge is 0.373 e. The Morgan fingerprint density at radius 2 is 2.19 bits per heavy atom. The quantitative estimate of drug-likeness (QED) is 0.901. The molecule has 1 aliphatic rings. The predicted molar refractivity (Wildman–Crippen MR) is 84.7 cm³/mol. The van der Waals surface area contributed by atoms with Gasteiger partial charge in [-0.2, -0.15) is 0 Å². The lowest BCUT2D eigenvalue weighted by atomic mass is 10.1. The highest BCUT2D eigenvalue weighted by molar-refractivity contribution is 6.07. The molecule has 1 fully saturated rings. The van der Waals surface area contributed by atoms with E-state index in [0.717, 1.165) is 30.4 Å². The Balaban J connectivity index is 1.92. The maximum absolute atomic E-state index is 12.6. The first-order valence-corrected chi connectivity index (χ1v) is 7.24. The van der Waals surface area contributed by atoms with E-state index in [-0.39, 0.29) is 11.9 Å². The van der Waals surface area contributed by atoms with Crippen LogP contribution in [0, 0.1) is 0 Å². The molecule has 3 rings (SSSR count). The molecule has 1 saturated heterocycles. The average Bonchev–Trinajstić information content (AvgIpc) is 2.91. The molecule has 0 aliphatic carbocycles. The number of likely N-dealkylation sites (N-methyl/N-ethyl adjacent to an activating group) is 1. The van der Waals surface area contributed by atoms with Gasteiger partial charge >= 0.3 is 0 Å². The Hall–Kier alpha value is -2.14. The predicted octanol–water partition coefficient (Wildman–Crippen LogP) is 1.71. The van der Waals surface area contributed by atoms with Crippen molar-refractivity contribution in [2.24, 2.45) is 0 Å². The third kappa shape index (κ3) is 2.83. The lowest BCUT2D eigenvalue weighted by Gasteiger charge is -2.14. The molecule has 0 bridgehead atoms. The number of nitrogens with one attached hydrogen (secondary N) is 2. The highest BCUT2D eigenvalue weighted by Gasteiger charge is 2.22. The van der Waals surface area contributed by atoms with E-state index < -0.39 is 0 Å². The third-order valence-corrected chi connectivity index (χ3v) is 3.94. The van der Waals surface area contributed by atoms with Gasteiger partial charge in [-0.3, -0.25) is 4.79 Å². The third-order valence-electron chi connectivity index (χ3n) is 3.94. The van der Waals surface area contributed by atoms with Crippen LogP contribution in [0.15, 0.2) is 30.3 Å². The van der Waals surface area contributed by atoms with Gasteiger partial charge in [0.05, 0.1) is 11.1 Å². The maximum Gasteiger partial charge on any atom is 0.252 e. The number of anilines is 1. The summed E-state index contributed by atoms with van der Waals surface area (Å²) in [5.74, 6) is 0.688. The van der Waals surface area contributed by atoms with Crippen LogP contribution in [0.2, 0.25) is 0 Å². The maximum atomic E-state index is 12.6. The van der Waals surface area contributed by atoms with Crippen LogP contribution >= 0.6 is 0 Å². The van der Waals surface area contributed by atoms with Crippen molar-refractivity contribution in [3.8, 4) is 0 Å². The lowest BCUT2D eigenvalue weighted by Crippen LogP contribution is -2.36. The molecule has 5 nitrogen and oxygen atoms in total. The normalized spacial score (nSPS) is 18.9. The van der Waals surface area contributed by atoms with E-state index in [1.807, 2.05) is 37.4 Å². The molecule has 0 spiro atoms. The number of rotatable bonds is 3. The molecule has 1 atom stereocenters. The Labute approximate surface area is 124 Å². The molecule has 5 heteroatoms. The Bertz CT molecular complexity index is 670. The molecule has 1 unspecified atom stereocenters. The van der Waals surface area contributed by atoms with Crippen LogP contribution in [-0.2, 0) is 0 Å². The number of hydrogen-bond acceptors (Lipinski definition) is 4. The Kier molecular flexibility index (Phi) is 3.75. The standard InChI is InChI=1S/C16H20N4O/c1-17-15-9-13(12-5-3-4-6-14(12)19-15)16(21)18-11-7-8-20(2)10-11/h3-6,9,11H,7-8,10H2,1-2H3,(H,17,19)(H,18,21). The molecule has 2 aromatic rings. The van der Waals surface area contributed by atoms with Crippen molar-refractivity contribution in [3.05, 3.63) is 35.9 Å². The topological polar surface area (TPSA) is 57.3 Å². The molecule has 1 amide bonds. The molecular formula is C16H20N4O. The van der Waals surface area contributed by atoms with Crippen molar-refractivity contribution in [3.63, 3.8) is 0 Å². The van der Waals surface area contributed by atoms with Crippen LogP contribution in [0.3, 0.4) is 0 Å². The van der Waals surface area contributed by atoms with Crippen LogP contribution in [0.25, 0.3) is 10.9 Å². The van der Waals surface area contributed by atoms with Crippen molar-refractivity contribution in [2.45, 2.75) is 12.5 Å². The second-order valence-corrected chi connectivity index (χ2v) is 5.54. The fourth-order valence-corrected chi connectivity index (χ4v) is 2.81. The minimum absolute atomic E-state index is 0.0228. The monoisotopic (exact) mass is 284 g/mol. The van der Waals surface area contributed by atoms with Crippen molar-refractivity contribution in [2.75, 3.05) is 32.5 Å². The summed E-state index contributed by atoms with van der Waals surface area (Å²) >= 11 is 0. The number of carbonyl (C=O) groups is 1. The second-order valence-electron chi connectivity index (χ2n) is 5.54. The van der Waals surface area contributed by atoms with Gasteiger partial charge in [-0.1, -0.05) is 18.2 Å². The molecule has 21 heavy (non-hydrogen) atoms. The Morgan fingerprint density at radius 3 is 2.90 bits per heavy atom. The molecule has 1 aromatic carbocycles. The van der Waals surface area contributed by atoms with Crippen molar-refractivity contribution in [1.82, 2.24) is 15.2 Å². The van der Waals surface area contributed by atoms with Gasteiger partial charge in [-0.05, 0) is 32.1 Å². The van der Waals surface area contributed by atoms with Gasteiger partial charge in [-0.15, -0.1) is 0 Å². The van der Waals surface area contributed by atoms with Gasteiger partial charge in [0.15, 0.2) is 0 Å². The van der Waals surface area contributed by atoms with E-state index in [2.05, 4.69) is 27.6 Å². The summed E-state index contributed by atoms with van der Waals surface area (Å²) in [6, 6.07) is 9.78. The molecule has 1 aromatic heterocycles. The number of aromatic nitrogens is 1. The summed E-state index contributed by atoms with van der Waals surface area (Å²) in [6.07, 6.45) is 1.00. The number of nitrogens with zero attached hydrogens (tertiary/aromatic N) is 2. The van der Waals surface area contributed by atoms with Crippen LogP contribution in [0.5, 0.6) is 0 Å². The van der Waals surface area contributed by atoms with Gasteiger partial charge in [0.1, 0.15) is 5.82 Å². The van der Waals surface area contributed by atoms with Crippen molar-refractivity contribution in [1.29, 1.82) is 0 Å². The van der Waals surface area contributed by atoms with Crippen molar-refractivity contribution >= 4 is 22.6 Å². The number of hydrogen-bond donors (Lipinski definition) is 2. The number of fused-ring (bicyclic) bond motifs is 1. The minimum Gasteiger partial charge on any atom is -0.373 e.